The molecular weight excluding hydrogens is 441 g/mol. The van der Waals surface area contributed by atoms with Gasteiger partial charge in [0.25, 0.3) is 0 Å². The monoisotopic (exact) mass is 455 g/mol. The van der Waals surface area contributed by atoms with Crippen LogP contribution in [0.15, 0.2) is 51.4 Å². The molecule has 2 aromatic carbocycles. The van der Waals surface area contributed by atoms with E-state index in [9.17, 15) is 9.18 Å². The Kier molecular flexibility index (Phi) is 5.40. The van der Waals surface area contributed by atoms with Gasteiger partial charge in [-0.05, 0) is 58.4 Å². The molecule has 1 saturated heterocycles. The molecule has 0 atom stereocenters. The second kappa shape index (κ2) is 7.53. The minimum absolute atomic E-state index is 0.114. The topological polar surface area (TPSA) is 35.6 Å². The molecule has 0 unspecified atom stereocenters. The molecule has 24 heavy (non-hydrogen) atoms. The van der Waals surface area contributed by atoms with E-state index >= 15 is 0 Å². The molecule has 1 heterocycles. The summed E-state index contributed by atoms with van der Waals surface area (Å²) < 4.78 is 14.8. The largest absolute Gasteiger partial charge is 0.368 e. The fourth-order valence-electron chi connectivity index (χ4n) is 2.60. The number of nitrogens with zero attached hydrogens (tertiary/aromatic N) is 2. The number of halogens is 3. The Bertz CT molecular complexity index is 731. The zero-order valence-electron chi connectivity index (χ0n) is 12.8. The van der Waals surface area contributed by atoms with Gasteiger partial charge in [-0.3, -0.25) is 0 Å². The molecule has 1 fully saturated rings. The minimum Gasteiger partial charge on any atom is -0.368 e. The highest BCUT2D eigenvalue weighted by molar-refractivity contribution is 9.11. The lowest BCUT2D eigenvalue weighted by atomic mass is 10.2. The van der Waals surface area contributed by atoms with E-state index in [4.69, 9.17) is 0 Å². The summed E-state index contributed by atoms with van der Waals surface area (Å²) >= 11 is 6.83. The Balaban J connectivity index is 1.58. The average molecular weight is 457 g/mol. The van der Waals surface area contributed by atoms with Crippen LogP contribution in [-0.2, 0) is 0 Å². The number of benzene rings is 2. The number of amides is 2. The summed E-state index contributed by atoms with van der Waals surface area (Å²) in [6.07, 6.45) is 0. The normalized spacial score (nSPS) is 14.6. The Morgan fingerprint density at radius 3 is 2.29 bits per heavy atom. The Morgan fingerprint density at radius 1 is 1.00 bits per heavy atom. The Hall–Kier alpha value is -1.60. The van der Waals surface area contributed by atoms with Crippen LogP contribution in [0.2, 0.25) is 0 Å². The molecule has 1 aliphatic rings. The molecular formula is C17H16Br2FN3O. The van der Waals surface area contributed by atoms with Crippen molar-refractivity contribution < 1.29 is 9.18 Å². The summed E-state index contributed by atoms with van der Waals surface area (Å²) in [7, 11) is 0. The smallest absolute Gasteiger partial charge is 0.321 e. The van der Waals surface area contributed by atoms with Crippen molar-refractivity contribution >= 4 is 49.3 Å². The number of hydrogen-bond acceptors (Lipinski definition) is 2. The summed E-state index contributed by atoms with van der Waals surface area (Å²) in [5.41, 5.74) is 1.72. The van der Waals surface area contributed by atoms with Gasteiger partial charge in [-0.1, -0.05) is 15.9 Å². The zero-order chi connectivity index (χ0) is 17.1. The number of nitrogens with one attached hydrogen (secondary N) is 1. The van der Waals surface area contributed by atoms with Crippen LogP contribution in [0.4, 0.5) is 20.6 Å². The molecule has 2 aromatic rings. The van der Waals surface area contributed by atoms with Gasteiger partial charge >= 0.3 is 6.03 Å². The highest BCUT2D eigenvalue weighted by Gasteiger charge is 2.21. The highest BCUT2D eigenvalue weighted by Crippen LogP contribution is 2.26. The molecule has 0 bridgehead atoms. The third-order valence-electron chi connectivity index (χ3n) is 3.93. The van der Waals surface area contributed by atoms with Crippen LogP contribution in [0, 0.1) is 5.82 Å². The van der Waals surface area contributed by atoms with Gasteiger partial charge in [-0.2, -0.15) is 0 Å². The van der Waals surface area contributed by atoms with Crippen LogP contribution < -0.4 is 10.2 Å². The predicted molar refractivity (Wildman–Crippen MR) is 101 cm³/mol. The average Bonchev–Trinajstić information content (AvgIpc) is 2.58. The number of anilines is 2. The van der Waals surface area contributed by atoms with Crippen LogP contribution in [0.3, 0.4) is 0 Å². The molecule has 1 N–H and O–H groups in total. The van der Waals surface area contributed by atoms with Gasteiger partial charge in [0.05, 0.1) is 5.69 Å². The maximum absolute atomic E-state index is 13.0. The molecule has 3 rings (SSSR count). The second-order valence-electron chi connectivity index (χ2n) is 5.50. The number of rotatable bonds is 2. The Morgan fingerprint density at radius 2 is 1.67 bits per heavy atom. The van der Waals surface area contributed by atoms with Crippen molar-refractivity contribution in [2.75, 3.05) is 36.4 Å². The zero-order valence-corrected chi connectivity index (χ0v) is 16.0. The maximum atomic E-state index is 13.0. The lowest BCUT2D eigenvalue weighted by Gasteiger charge is -2.36. The van der Waals surface area contributed by atoms with Crippen molar-refractivity contribution in [2.24, 2.45) is 0 Å². The van der Waals surface area contributed by atoms with Crippen molar-refractivity contribution in [3.05, 3.63) is 57.2 Å². The first-order chi connectivity index (χ1) is 11.5. The number of urea groups is 1. The summed E-state index contributed by atoms with van der Waals surface area (Å²) in [6.45, 7) is 2.69. The van der Waals surface area contributed by atoms with E-state index in [0.29, 0.717) is 13.1 Å². The predicted octanol–water partition coefficient (Wildman–Crippen LogP) is 4.70. The number of hydrogen-bond donors (Lipinski definition) is 1. The molecule has 0 radical (unpaired) electrons. The van der Waals surface area contributed by atoms with E-state index in [1.165, 1.54) is 12.1 Å². The molecule has 0 spiro atoms. The summed E-state index contributed by atoms with van der Waals surface area (Å²) in [4.78, 5) is 16.3. The van der Waals surface area contributed by atoms with Gasteiger partial charge < -0.3 is 15.1 Å². The van der Waals surface area contributed by atoms with Gasteiger partial charge in [0.15, 0.2) is 0 Å². The van der Waals surface area contributed by atoms with Crippen molar-refractivity contribution in [3.8, 4) is 0 Å². The van der Waals surface area contributed by atoms with Gasteiger partial charge in [0, 0.05) is 40.8 Å². The molecule has 0 aromatic heterocycles. The molecule has 1 aliphatic heterocycles. The van der Waals surface area contributed by atoms with Crippen LogP contribution in [0.25, 0.3) is 0 Å². The number of carbonyl (C=O) groups excluding carboxylic acids is 1. The quantitative estimate of drug-likeness (QED) is 0.710. The first-order valence-electron chi connectivity index (χ1n) is 7.54. The lowest BCUT2D eigenvalue weighted by molar-refractivity contribution is 0.208. The van der Waals surface area contributed by atoms with Gasteiger partial charge in [0.1, 0.15) is 5.82 Å². The van der Waals surface area contributed by atoms with Crippen LogP contribution in [0.5, 0.6) is 0 Å². The molecule has 126 valence electrons. The van der Waals surface area contributed by atoms with Crippen LogP contribution >= 0.6 is 31.9 Å². The fourth-order valence-corrected chi connectivity index (χ4v) is 3.75. The molecule has 2 amide bonds. The number of carbonyl (C=O) groups is 1. The standard InChI is InChI=1S/C17H16Br2FN3O/c18-12-1-6-16(15(19)11-12)21-17(24)23-9-7-22(8-10-23)14-4-2-13(20)3-5-14/h1-6,11H,7-10H2,(H,21,24). The van der Waals surface area contributed by atoms with Crippen LogP contribution in [0.1, 0.15) is 0 Å². The van der Waals surface area contributed by atoms with E-state index in [2.05, 4.69) is 42.1 Å². The van der Waals surface area contributed by atoms with Gasteiger partial charge in [0.2, 0.25) is 0 Å². The van der Waals surface area contributed by atoms with Gasteiger partial charge in [-0.25, -0.2) is 9.18 Å². The first-order valence-corrected chi connectivity index (χ1v) is 9.13. The molecule has 4 nitrogen and oxygen atoms in total. The molecule has 0 aliphatic carbocycles. The third-order valence-corrected chi connectivity index (χ3v) is 5.08. The fraction of sp³-hybridized carbons (Fsp3) is 0.235. The first kappa shape index (κ1) is 17.2. The number of piperazine rings is 1. The maximum Gasteiger partial charge on any atom is 0.321 e. The summed E-state index contributed by atoms with van der Waals surface area (Å²) in [5, 5.41) is 2.92. The van der Waals surface area contributed by atoms with E-state index < -0.39 is 0 Å². The Labute approximate surface area is 156 Å². The van der Waals surface area contributed by atoms with E-state index in [0.717, 1.165) is 33.4 Å². The van der Waals surface area contributed by atoms with E-state index in [1.807, 2.05) is 18.2 Å². The summed E-state index contributed by atoms with van der Waals surface area (Å²) in [5.74, 6) is -0.239. The van der Waals surface area contributed by atoms with Crippen molar-refractivity contribution in [3.63, 3.8) is 0 Å². The lowest BCUT2D eigenvalue weighted by Crippen LogP contribution is -2.50. The SMILES string of the molecule is O=C(Nc1ccc(Br)cc1Br)N1CCN(c2ccc(F)cc2)CC1. The minimum atomic E-state index is -0.239. The van der Waals surface area contributed by atoms with Gasteiger partial charge in [-0.15, -0.1) is 0 Å². The second-order valence-corrected chi connectivity index (χ2v) is 7.27. The third kappa shape index (κ3) is 4.08. The van der Waals surface area contributed by atoms with Crippen LogP contribution in [-0.4, -0.2) is 37.1 Å². The molecule has 7 heteroatoms. The van der Waals surface area contributed by atoms with Crippen molar-refractivity contribution in [2.45, 2.75) is 0 Å². The molecule has 0 saturated carbocycles. The van der Waals surface area contributed by atoms with Crippen molar-refractivity contribution in [1.29, 1.82) is 0 Å². The van der Waals surface area contributed by atoms with Crippen molar-refractivity contribution in [1.82, 2.24) is 4.90 Å². The summed E-state index contributed by atoms with van der Waals surface area (Å²) in [6, 6.07) is 12.0. The van der Waals surface area contributed by atoms with E-state index in [1.54, 1.807) is 17.0 Å². The van der Waals surface area contributed by atoms with E-state index in [-0.39, 0.29) is 11.8 Å². The highest BCUT2D eigenvalue weighted by atomic mass is 79.9.